The average Bonchev–Trinajstić information content (AvgIpc) is 3.56. The Morgan fingerprint density at radius 1 is 0.921 bits per heavy atom. The molecule has 0 N–H and O–H groups in total. The molecule has 0 amide bonds. The van der Waals surface area contributed by atoms with E-state index in [0.717, 1.165) is 30.1 Å². The zero-order chi connectivity index (χ0) is 25.5. The van der Waals surface area contributed by atoms with Crippen molar-refractivity contribution in [3.05, 3.63) is 101 Å². The van der Waals surface area contributed by atoms with Gasteiger partial charge in [0.2, 0.25) is 0 Å². The van der Waals surface area contributed by atoms with E-state index in [4.69, 9.17) is 0 Å². The molecular formula is C35H44Cl2Zr-2. The molecule has 4 aliphatic rings. The van der Waals surface area contributed by atoms with Crippen LogP contribution >= 0.6 is 0 Å². The van der Waals surface area contributed by atoms with Crippen LogP contribution in [0.2, 0.25) is 0 Å². The second-order valence-electron chi connectivity index (χ2n) is 11.7. The summed E-state index contributed by atoms with van der Waals surface area (Å²) >= 11 is 1.65. The summed E-state index contributed by atoms with van der Waals surface area (Å²) in [5.74, 6) is 3.30. The van der Waals surface area contributed by atoms with Gasteiger partial charge in [0.15, 0.2) is 0 Å². The molecule has 204 valence electrons. The van der Waals surface area contributed by atoms with Crippen molar-refractivity contribution in [2.45, 2.75) is 79.1 Å². The number of fused-ring (bicyclic) bond motifs is 6. The smallest absolute Gasteiger partial charge is 0.172 e. The minimum atomic E-state index is 0. The van der Waals surface area contributed by atoms with Gasteiger partial charge < -0.3 is 24.8 Å². The summed E-state index contributed by atoms with van der Waals surface area (Å²) < 4.78 is 1.75. The zero-order valence-electron chi connectivity index (χ0n) is 23.7. The number of allylic oxidation sites excluding steroid dienone is 6. The van der Waals surface area contributed by atoms with E-state index in [1.807, 2.05) is 30.3 Å². The maximum Gasteiger partial charge on any atom is -0.172 e. The van der Waals surface area contributed by atoms with E-state index in [1.165, 1.54) is 50.5 Å². The third kappa shape index (κ3) is 8.49. The Balaban J connectivity index is 0.000000253. The summed E-state index contributed by atoms with van der Waals surface area (Å²) in [6.45, 7) is 9.18. The van der Waals surface area contributed by atoms with Gasteiger partial charge in [0.05, 0.1) is 0 Å². The van der Waals surface area contributed by atoms with Crippen LogP contribution in [-0.4, -0.2) is 3.21 Å². The Bertz CT molecular complexity index is 1070. The van der Waals surface area contributed by atoms with Crippen LogP contribution in [0.15, 0.2) is 83.5 Å². The van der Waals surface area contributed by atoms with Crippen molar-refractivity contribution in [1.82, 2.24) is 0 Å². The first-order valence-corrected chi connectivity index (χ1v) is 15.5. The maximum atomic E-state index is 2.57. The van der Waals surface area contributed by atoms with Gasteiger partial charge in [-0.05, 0) is 36.7 Å². The summed E-state index contributed by atoms with van der Waals surface area (Å²) in [6, 6.07) is 19.1. The van der Waals surface area contributed by atoms with Gasteiger partial charge in [-0.25, -0.2) is 24.1 Å². The summed E-state index contributed by atoms with van der Waals surface area (Å²) in [6.07, 6.45) is 18.0. The van der Waals surface area contributed by atoms with Crippen molar-refractivity contribution < 1.29 is 49.0 Å². The number of hydrogen-bond donors (Lipinski definition) is 0. The number of rotatable bonds is 4. The Hall–Kier alpha value is -1.01. The van der Waals surface area contributed by atoms with E-state index in [0.29, 0.717) is 0 Å². The molecule has 6 rings (SSSR count). The van der Waals surface area contributed by atoms with E-state index in [2.05, 4.69) is 70.5 Å². The molecule has 2 aromatic carbocycles. The van der Waals surface area contributed by atoms with Crippen LogP contribution in [0, 0.1) is 30.1 Å². The Kier molecular flexibility index (Phi) is 14.2. The van der Waals surface area contributed by atoms with Crippen LogP contribution < -0.4 is 24.8 Å². The fraction of sp³-hybridized carbons (Fsp3) is 0.457. The van der Waals surface area contributed by atoms with E-state index < -0.39 is 0 Å². The van der Waals surface area contributed by atoms with Gasteiger partial charge in [0.1, 0.15) is 0 Å². The molecule has 2 atom stereocenters. The molecule has 3 heteroatoms. The maximum absolute atomic E-state index is 2.57. The molecule has 4 aliphatic carbocycles. The molecule has 0 radical (unpaired) electrons. The van der Waals surface area contributed by atoms with Gasteiger partial charge in [-0.1, -0.05) is 66.0 Å². The fourth-order valence-corrected chi connectivity index (χ4v) is 8.45. The summed E-state index contributed by atoms with van der Waals surface area (Å²) in [7, 11) is 0. The van der Waals surface area contributed by atoms with Crippen LogP contribution in [-0.2, 0) is 30.7 Å². The quantitative estimate of drug-likeness (QED) is 0.457. The molecule has 0 aromatic heterocycles. The van der Waals surface area contributed by atoms with E-state index in [9.17, 15) is 0 Å². The molecule has 38 heavy (non-hydrogen) atoms. The van der Waals surface area contributed by atoms with Crippen LogP contribution in [0.5, 0.6) is 0 Å². The third-order valence-electron chi connectivity index (χ3n) is 7.77. The molecular weight excluding hydrogens is 583 g/mol. The molecule has 2 aromatic rings. The predicted molar refractivity (Wildman–Crippen MR) is 154 cm³/mol. The predicted octanol–water partition coefficient (Wildman–Crippen LogP) is 3.49. The van der Waals surface area contributed by atoms with Crippen molar-refractivity contribution in [1.29, 1.82) is 0 Å². The Morgan fingerprint density at radius 3 is 2.24 bits per heavy atom. The van der Waals surface area contributed by atoms with Crippen molar-refractivity contribution in [3.8, 4) is 0 Å². The van der Waals surface area contributed by atoms with E-state index in [-0.39, 0.29) is 24.8 Å². The second kappa shape index (κ2) is 16.3. The van der Waals surface area contributed by atoms with E-state index in [1.54, 1.807) is 55.3 Å². The van der Waals surface area contributed by atoms with Crippen LogP contribution in [0.3, 0.4) is 0 Å². The third-order valence-corrected chi connectivity index (χ3v) is 8.77. The average molecular weight is 627 g/mol. The second-order valence-corrected chi connectivity index (χ2v) is 13.4. The fourth-order valence-electron chi connectivity index (χ4n) is 6.44. The van der Waals surface area contributed by atoms with Gasteiger partial charge in [-0.2, -0.15) is 23.8 Å². The number of benzene rings is 1. The number of halogens is 2. The standard InChI is InChI=1S/C21H21.C9H18.C5H5.2ClH.Zr/c1-2-8-15-14(7-1)13-20-18-11-4-3-9-16(18)17-10-5-6-12-19(17)21(15)20;1-8(2)6-5-7-9(3)4;1-2-4-5-3-1;;;/h1-2,6-8,11-12,16-17H,3-5,9-10,13H2;8-9H,6-7H2,1-4H3;1-5H;2*1H;/q-1;;-1;;;+2/p-2. The molecule has 0 spiro atoms. The van der Waals surface area contributed by atoms with Gasteiger partial charge in [-0.15, -0.1) is 6.42 Å². The Labute approximate surface area is 260 Å². The molecule has 1 fully saturated rings. The van der Waals surface area contributed by atoms with Crippen molar-refractivity contribution in [2.24, 2.45) is 23.7 Å². The topological polar surface area (TPSA) is 0 Å². The number of hydrogen-bond acceptors (Lipinski definition) is 0. The van der Waals surface area contributed by atoms with Crippen LogP contribution in [0.25, 0.3) is 5.57 Å². The molecule has 2 unspecified atom stereocenters. The van der Waals surface area contributed by atoms with Gasteiger partial charge in [0, 0.05) is 0 Å². The molecule has 0 heterocycles. The normalized spacial score (nSPS) is 20.3. The molecule has 0 aliphatic heterocycles. The summed E-state index contributed by atoms with van der Waals surface area (Å²) in [5, 5.41) is 0. The van der Waals surface area contributed by atoms with Gasteiger partial charge >= 0.3 is 79.8 Å². The Morgan fingerprint density at radius 2 is 1.61 bits per heavy atom. The minimum absolute atomic E-state index is 0. The molecule has 1 saturated carbocycles. The zero-order valence-corrected chi connectivity index (χ0v) is 27.6. The van der Waals surface area contributed by atoms with Crippen LogP contribution in [0.1, 0.15) is 83.8 Å². The first-order valence-electron chi connectivity index (χ1n) is 14.2. The molecule has 0 saturated heterocycles. The minimum Gasteiger partial charge on any atom is -1.00 e. The van der Waals surface area contributed by atoms with E-state index >= 15 is 0 Å². The van der Waals surface area contributed by atoms with Gasteiger partial charge in [-0.3, -0.25) is 0 Å². The van der Waals surface area contributed by atoms with Gasteiger partial charge in [0.25, 0.3) is 0 Å². The van der Waals surface area contributed by atoms with Crippen molar-refractivity contribution in [2.75, 3.05) is 0 Å². The first-order chi connectivity index (χ1) is 17.5. The molecule has 0 bridgehead atoms. The summed E-state index contributed by atoms with van der Waals surface area (Å²) in [4.78, 5) is 0. The first kappa shape index (κ1) is 33.2. The molecule has 0 nitrogen and oxygen atoms in total. The monoisotopic (exact) mass is 624 g/mol. The van der Waals surface area contributed by atoms with Crippen LogP contribution in [0.4, 0.5) is 0 Å². The summed E-state index contributed by atoms with van der Waals surface area (Å²) in [5.41, 5.74) is 9.71. The van der Waals surface area contributed by atoms with Crippen molar-refractivity contribution in [3.63, 3.8) is 0 Å². The van der Waals surface area contributed by atoms with Crippen molar-refractivity contribution >= 4 is 8.78 Å². The largest absolute Gasteiger partial charge is 1.00 e. The SMILES string of the molecule is C1=CC2=C3C(=C4[CH-]CCCC4C2CC1)Cc1ccccc13.CC(C)C[C](=[Zr+2])CC(C)C.[Cl-].[Cl-].c1cc[cH-]c1.